The van der Waals surface area contributed by atoms with Crippen LogP contribution in [0.3, 0.4) is 0 Å². The average molecular weight is 500 g/mol. The molecule has 2 heterocycles. The highest BCUT2D eigenvalue weighted by Crippen LogP contribution is 2.24. The van der Waals surface area contributed by atoms with Crippen LogP contribution in [0.15, 0.2) is 41.3 Å². The van der Waals surface area contributed by atoms with Crippen LogP contribution < -0.4 is 10.9 Å². The maximum Gasteiger partial charge on any atom is 0.332 e. The molecule has 11 heteroatoms. The van der Waals surface area contributed by atoms with Crippen LogP contribution >= 0.6 is 0 Å². The Morgan fingerprint density at radius 1 is 1.17 bits per heavy atom. The number of esters is 3. The minimum Gasteiger partial charge on any atom is -0.463 e. The van der Waals surface area contributed by atoms with E-state index in [0.29, 0.717) is 5.82 Å². The molecule has 2 aromatic rings. The molecular weight excluding hydrogens is 470 g/mol. The SMILES string of the molecule is Cc1ncc(C(=O)N[C@H]2COC(=O)[C@H](Cc3ccccc3)[C@@H](OC(=O)C(C)C)[C@H](C)OC2=O)c(=O)[nH]1. The van der Waals surface area contributed by atoms with Crippen molar-refractivity contribution in [2.45, 2.75) is 52.4 Å². The predicted molar refractivity (Wildman–Crippen MR) is 126 cm³/mol. The van der Waals surface area contributed by atoms with Gasteiger partial charge in [0.05, 0.1) is 5.92 Å². The number of ether oxygens (including phenoxy) is 3. The molecule has 1 fully saturated rings. The molecule has 0 unspecified atom stereocenters. The minimum atomic E-state index is -1.40. The molecule has 1 aromatic carbocycles. The quantitative estimate of drug-likeness (QED) is 0.439. The molecule has 1 aromatic heterocycles. The van der Waals surface area contributed by atoms with Gasteiger partial charge in [0.2, 0.25) is 0 Å². The maximum atomic E-state index is 13.2. The molecule has 3 rings (SSSR count). The van der Waals surface area contributed by atoms with Crippen molar-refractivity contribution >= 4 is 23.8 Å². The lowest BCUT2D eigenvalue weighted by atomic mass is 9.91. The van der Waals surface area contributed by atoms with Crippen LogP contribution in [-0.4, -0.2) is 58.6 Å². The van der Waals surface area contributed by atoms with Gasteiger partial charge in [-0.25, -0.2) is 9.78 Å². The van der Waals surface area contributed by atoms with Gasteiger partial charge in [0, 0.05) is 6.20 Å². The molecule has 0 saturated carbocycles. The van der Waals surface area contributed by atoms with E-state index in [0.717, 1.165) is 11.8 Å². The van der Waals surface area contributed by atoms with Gasteiger partial charge >= 0.3 is 17.9 Å². The fourth-order valence-electron chi connectivity index (χ4n) is 3.63. The van der Waals surface area contributed by atoms with Crippen molar-refractivity contribution < 1.29 is 33.4 Å². The molecular formula is C25H29N3O8. The molecule has 1 saturated heterocycles. The zero-order valence-corrected chi connectivity index (χ0v) is 20.5. The lowest BCUT2D eigenvalue weighted by Crippen LogP contribution is -2.47. The highest BCUT2D eigenvalue weighted by molar-refractivity contribution is 5.96. The number of carbonyl (C=O) groups is 4. The summed E-state index contributed by atoms with van der Waals surface area (Å²) in [4.78, 5) is 69.5. The summed E-state index contributed by atoms with van der Waals surface area (Å²) in [6.45, 7) is 5.80. The van der Waals surface area contributed by atoms with Gasteiger partial charge in [0.15, 0.2) is 12.1 Å². The Bertz CT molecular complexity index is 1180. The van der Waals surface area contributed by atoms with Crippen molar-refractivity contribution in [3.8, 4) is 0 Å². The standard InChI is InChI=1S/C25H29N3O8/c1-13(2)23(31)36-20-14(3)35-25(33)19(28-22(30)18-11-26-15(4)27-21(18)29)12-34-24(32)17(20)10-16-8-6-5-7-9-16/h5-9,11,13-14,17,19-20H,10,12H2,1-4H3,(H,28,30)(H,26,27,29)/t14-,17+,19-,20-/m0/s1. The van der Waals surface area contributed by atoms with Crippen LogP contribution in [0.2, 0.25) is 0 Å². The first-order valence-electron chi connectivity index (χ1n) is 11.5. The summed E-state index contributed by atoms with van der Waals surface area (Å²) in [5, 5.41) is 2.36. The minimum absolute atomic E-state index is 0.166. The lowest BCUT2D eigenvalue weighted by Gasteiger charge is -2.29. The Labute approximate surface area is 207 Å². The second-order valence-electron chi connectivity index (χ2n) is 8.86. The molecule has 11 nitrogen and oxygen atoms in total. The molecule has 0 bridgehead atoms. The smallest absolute Gasteiger partial charge is 0.332 e. The van der Waals surface area contributed by atoms with Crippen molar-refractivity contribution in [1.29, 1.82) is 0 Å². The van der Waals surface area contributed by atoms with Crippen LogP contribution in [0.5, 0.6) is 0 Å². The largest absolute Gasteiger partial charge is 0.463 e. The van der Waals surface area contributed by atoms with E-state index in [-0.39, 0.29) is 12.0 Å². The number of aryl methyl sites for hydroxylation is 1. The number of aromatic amines is 1. The molecule has 2 N–H and O–H groups in total. The van der Waals surface area contributed by atoms with Gasteiger partial charge in [0.25, 0.3) is 11.5 Å². The highest BCUT2D eigenvalue weighted by atomic mass is 16.6. The van der Waals surface area contributed by atoms with Crippen LogP contribution in [0.1, 0.15) is 42.5 Å². The lowest BCUT2D eigenvalue weighted by molar-refractivity contribution is -0.176. The zero-order valence-electron chi connectivity index (χ0n) is 20.5. The molecule has 1 aliphatic heterocycles. The van der Waals surface area contributed by atoms with E-state index in [1.54, 1.807) is 20.8 Å². The van der Waals surface area contributed by atoms with Crippen LogP contribution in [-0.2, 0) is 35.0 Å². The number of benzene rings is 1. The van der Waals surface area contributed by atoms with Crippen molar-refractivity contribution in [3.05, 3.63) is 63.8 Å². The Morgan fingerprint density at radius 3 is 2.50 bits per heavy atom. The van der Waals surface area contributed by atoms with E-state index in [1.807, 2.05) is 30.3 Å². The summed E-state index contributed by atoms with van der Waals surface area (Å²) >= 11 is 0. The maximum absolute atomic E-state index is 13.2. The van der Waals surface area contributed by atoms with Crippen molar-refractivity contribution in [1.82, 2.24) is 15.3 Å². The van der Waals surface area contributed by atoms with Gasteiger partial charge < -0.3 is 24.5 Å². The number of aromatic nitrogens is 2. The normalized spacial score (nSPS) is 22.5. The summed E-state index contributed by atoms with van der Waals surface area (Å²) < 4.78 is 16.5. The number of rotatable bonds is 6. The van der Waals surface area contributed by atoms with E-state index < -0.39 is 66.1 Å². The molecule has 4 atom stereocenters. The summed E-state index contributed by atoms with van der Waals surface area (Å²) in [6.07, 6.45) is -0.923. The van der Waals surface area contributed by atoms with E-state index >= 15 is 0 Å². The number of cyclic esters (lactones) is 2. The van der Waals surface area contributed by atoms with Gasteiger partial charge in [-0.05, 0) is 25.8 Å². The van der Waals surface area contributed by atoms with Gasteiger partial charge in [-0.2, -0.15) is 0 Å². The van der Waals surface area contributed by atoms with Gasteiger partial charge in [0.1, 0.15) is 30.0 Å². The van der Waals surface area contributed by atoms with Crippen LogP contribution in [0.4, 0.5) is 0 Å². The van der Waals surface area contributed by atoms with Gasteiger partial charge in [-0.15, -0.1) is 0 Å². The first-order chi connectivity index (χ1) is 17.1. The third-order valence-electron chi connectivity index (χ3n) is 5.64. The number of H-pyrrole nitrogens is 1. The van der Waals surface area contributed by atoms with Crippen LogP contribution in [0, 0.1) is 18.8 Å². The predicted octanol–water partition coefficient (Wildman–Crippen LogP) is 1.09. The molecule has 192 valence electrons. The fraction of sp³-hybridized carbons (Fsp3) is 0.440. The fourth-order valence-corrected chi connectivity index (χ4v) is 3.63. The van der Waals surface area contributed by atoms with E-state index in [4.69, 9.17) is 14.2 Å². The molecule has 1 amide bonds. The van der Waals surface area contributed by atoms with Gasteiger partial charge in [-0.1, -0.05) is 44.2 Å². The van der Waals surface area contributed by atoms with Crippen molar-refractivity contribution in [2.75, 3.05) is 6.61 Å². The number of carbonyl (C=O) groups excluding carboxylic acids is 4. The number of nitrogens with zero attached hydrogens (tertiary/aromatic N) is 1. The van der Waals surface area contributed by atoms with E-state index in [1.165, 1.54) is 6.92 Å². The summed E-state index contributed by atoms with van der Waals surface area (Å²) in [7, 11) is 0. The topological polar surface area (TPSA) is 154 Å². The summed E-state index contributed by atoms with van der Waals surface area (Å²) in [6, 6.07) is 7.67. The average Bonchev–Trinajstić information content (AvgIpc) is 2.86. The second kappa shape index (κ2) is 11.6. The summed E-state index contributed by atoms with van der Waals surface area (Å²) in [5.41, 5.74) is -0.220. The number of hydrogen-bond donors (Lipinski definition) is 2. The Hall–Kier alpha value is -4.02. The second-order valence-corrected chi connectivity index (χ2v) is 8.86. The van der Waals surface area contributed by atoms with E-state index in [2.05, 4.69) is 15.3 Å². The van der Waals surface area contributed by atoms with Crippen LogP contribution in [0.25, 0.3) is 0 Å². The van der Waals surface area contributed by atoms with Crippen molar-refractivity contribution in [3.63, 3.8) is 0 Å². The number of hydrogen-bond acceptors (Lipinski definition) is 9. The molecule has 36 heavy (non-hydrogen) atoms. The molecule has 0 spiro atoms. The molecule has 0 radical (unpaired) electrons. The first-order valence-corrected chi connectivity index (χ1v) is 11.5. The third kappa shape index (κ3) is 6.55. The monoisotopic (exact) mass is 499 g/mol. The first kappa shape index (κ1) is 26.6. The molecule has 0 aliphatic carbocycles. The van der Waals surface area contributed by atoms with E-state index in [9.17, 15) is 24.0 Å². The molecule has 1 aliphatic rings. The number of nitrogens with one attached hydrogen (secondary N) is 2. The number of amides is 1. The zero-order chi connectivity index (χ0) is 26.4. The highest BCUT2D eigenvalue weighted by Gasteiger charge is 2.42. The third-order valence-corrected chi connectivity index (χ3v) is 5.64. The Balaban J connectivity index is 1.87. The van der Waals surface area contributed by atoms with Gasteiger partial charge in [-0.3, -0.25) is 19.2 Å². The Morgan fingerprint density at radius 2 is 1.86 bits per heavy atom. The Kier molecular flexibility index (Phi) is 8.57. The van der Waals surface area contributed by atoms with Crippen molar-refractivity contribution in [2.24, 2.45) is 11.8 Å². The summed E-state index contributed by atoms with van der Waals surface area (Å²) in [5.74, 6) is -4.24.